The molecule has 1 aliphatic rings. The van der Waals surface area contributed by atoms with Crippen LogP contribution in [0.4, 0.5) is 0 Å². The van der Waals surface area contributed by atoms with Crippen molar-refractivity contribution in [3.63, 3.8) is 0 Å². The van der Waals surface area contributed by atoms with Crippen molar-refractivity contribution < 1.29 is 18.3 Å². The molecule has 1 unspecified atom stereocenters. The summed E-state index contributed by atoms with van der Waals surface area (Å²) < 4.78 is 33.7. The van der Waals surface area contributed by atoms with E-state index >= 15 is 0 Å². The van der Waals surface area contributed by atoms with E-state index in [1.54, 1.807) is 7.11 Å². The number of aliphatic hydroxyl groups excluding tert-OH is 1. The maximum absolute atomic E-state index is 12.2. The molecule has 0 aromatic rings. The van der Waals surface area contributed by atoms with Gasteiger partial charge in [-0.1, -0.05) is 13.3 Å². The number of nitrogens with one attached hydrogen (secondary N) is 1. The first-order chi connectivity index (χ1) is 9.03. The molecule has 19 heavy (non-hydrogen) atoms. The molecule has 1 saturated heterocycles. The van der Waals surface area contributed by atoms with Crippen LogP contribution in [0, 0.1) is 5.92 Å². The van der Waals surface area contributed by atoms with Gasteiger partial charge in [0.25, 0.3) is 10.2 Å². The topological polar surface area (TPSA) is 78.9 Å². The highest BCUT2D eigenvalue weighted by Gasteiger charge is 2.29. The fraction of sp³-hybridized carbons (Fsp3) is 1.00. The number of methoxy groups -OCH3 is 1. The Labute approximate surface area is 116 Å². The van der Waals surface area contributed by atoms with Gasteiger partial charge in [0.2, 0.25) is 0 Å². The van der Waals surface area contributed by atoms with Crippen molar-refractivity contribution in [3.8, 4) is 0 Å². The molecule has 1 fully saturated rings. The minimum absolute atomic E-state index is 0.142. The van der Waals surface area contributed by atoms with Gasteiger partial charge in [-0.2, -0.15) is 17.4 Å². The van der Waals surface area contributed by atoms with E-state index in [1.165, 1.54) is 4.31 Å². The largest absolute Gasteiger partial charge is 0.396 e. The van der Waals surface area contributed by atoms with E-state index in [4.69, 9.17) is 9.84 Å². The molecule has 1 heterocycles. The summed E-state index contributed by atoms with van der Waals surface area (Å²) in [5.74, 6) is 0.233. The summed E-state index contributed by atoms with van der Waals surface area (Å²) in [5, 5.41) is 9.07. The van der Waals surface area contributed by atoms with Crippen molar-refractivity contribution in [3.05, 3.63) is 0 Å². The van der Waals surface area contributed by atoms with Crippen molar-refractivity contribution in [2.24, 2.45) is 5.92 Å². The number of ether oxygens (including phenoxy) is 1. The van der Waals surface area contributed by atoms with E-state index < -0.39 is 10.2 Å². The number of aliphatic hydroxyl groups is 1. The van der Waals surface area contributed by atoms with Crippen LogP contribution in [-0.2, 0) is 14.9 Å². The monoisotopic (exact) mass is 294 g/mol. The molecule has 0 spiro atoms. The summed E-state index contributed by atoms with van der Waals surface area (Å²) >= 11 is 0. The summed E-state index contributed by atoms with van der Waals surface area (Å²) in [6.07, 6.45) is 3.11. The number of hydrogen-bond acceptors (Lipinski definition) is 4. The third-order valence-corrected chi connectivity index (χ3v) is 5.17. The maximum atomic E-state index is 12.2. The van der Waals surface area contributed by atoms with Gasteiger partial charge in [-0.05, 0) is 25.2 Å². The summed E-state index contributed by atoms with van der Waals surface area (Å²) in [6.45, 7) is 3.51. The van der Waals surface area contributed by atoms with E-state index in [-0.39, 0.29) is 18.6 Å². The van der Waals surface area contributed by atoms with E-state index in [0.29, 0.717) is 19.7 Å². The molecule has 1 aliphatic heterocycles. The van der Waals surface area contributed by atoms with Crippen LogP contribution in [0.3, 0.4) is 0 Å². The van der Waals surface area contributed by atoms with Gasteiger partial charge >= 0.3 is 0 Å². The molecule has 0 radical (unpaired) electrons. The van der Waals surface area contributed by atoms with Crippen molar-refractivity contribution in [2.75, 3.05) is 33.4 Å². The Morgan fingerprint density at radius 3 is 2.53 bits per heavy atom. The minimum atomic E-state index is -3.44. The summed E-state index contributed by atoms with van der Waals surface area (Å²) in [6, 6.07) is -0.171. The molecule has 0 amide bonds. The zero-order valence-electron chi connectivity index (χ0n) is 11.8. The zero-order chi connectivity index (χ0) is 14.3. The molecule has 0 saturated carbocycles. The predicted octanol–water partition coefficient (Wildman–Crippen LogP) is 0.340. The lowest BCUT2D eigenvalue weighted by Gasteiger charge is -2.31. The van der Waals surface area contributed by atoms with Gasteiger partial charge in [-0.15, -0.1) is 0 Å². The SMILES string of the molecule is CCCC(COC)NS(=O)(=O)N1CCC(CO)CC1. The second-order valence-corrected chi connectivity index (χ2v) is 6.79. The second-order valence-electron chi connectivity index (χ2n) is 5.09. The molecule has 0 aromatic carbocycles. The number of piperidine rings is 1. The Balaban J connectivity index is 2.54. The Bertz CT molecular complexity index is 334. The van der Waals surface area contributed by atoms with Crippen LogP contribution in [0.25, 0.3) is 0 Å². The fourth-order valence-corrected chi connectivity index (χ4v) is 3.79. The van der Waals surface area contributed by atoms with Crippen molar-refractivity contribution in [2.45, 2.75) is 38.6 Å². The van der Waals surface area contributed by atoms with Gasteiger partial charge in [0.05, 0.1) is 6.61 Å². The Morgan fingerprint density at radius 1 is 1.42 bits per heavy atom. The normalized spacial score (nSPS) is 20.6. The van der Waals surface area contributed by atoms with Gasteiger partial charge in [0.15, 0.2) is 0 Å². The molecular formula is C12H26N2O4S. The first-order valence-electron chi connectivity index (χ1n) is 6.90. The van der Waals surface area contributed by atoms with Gasteiger partial charge in [-0.25, -0.2) is 0 Å². The summed E-state index contributed by atoms with van der Waals surface area (Å²) in [7, 11) is -1.86. The predicted molar refractivity (Wildman–Crippen MR) is 74.0 cm³/mol. The van der Waals surface area contributed by atoms with Gasteiger partial charge in [-0.3, -0.25) is 0 Å². The average molecular weight is 294 g/mol. The van der Waals surface area contributed by atoms with Crippen LogP contribution in [0.15, 0.2) is 0 Å². The molecule has 2 N–H and O–H groups in total. The van der Waals surface area contributed by atoms with Crippen molar-refractivity contribution >= 4 is 10.2 Å². The maximum Gasteiger partial charge on any atom is 0.279 e. The average Bonchev–Trinajstić information content (AvgIpc) is 2.39. The van der Waals surface area contributed by atoms with Crippen molar-refractivity contribution in [1.29, 1.82) is 0 Å². The minimum Gasteiger partial charge on any atom is -0.396 e. The van der Waals surface area contributed by atoms with E-state index in [2.05, 4.69) is 4.72 Å². The van der Waals surface area contributed by atoms with Gasteiger partial charge in [0, 0.05) is 32.8 Å². The first-order valence-corrected chi connectivity index (χ1v) is 8.34. The highest BCUT2D eigenvalue weighted by molar-refractivity contribution is 7.87. The molecular weight excluding hydrogens is 268 g/mol. The summed E-state index contributed by atoms with van der Waals surface area (Å²) in [4.78, 5) is 0. The molecule has 7 heteroatoms. The lowest BCUT2D eigenvalue weighted by Crippen LogP contribution is -2.49. The molecule has 1 atom stereocenters. The third-order valence-electron chi connectivity index (χ3n) is 3.49. The van der Waals surface area contributed by atoms with Crippen molar-refractivity contribution in [1.82, 2.24) is 9.03 Å². The van der Waals surface area contributed by atoms with Gasteiger partial charge < -0.3 is 9.84 Å². The number of hydrogen-bond donors (Lipinski definition) is 2. The van der Waals surface area contributed by atoms with Crippen LogP contribution in [0.2, 0.25) is 0 Å². The highest BCUT2D eigenvalue weighted by atomic mass is 32.2. The Kier molecular flexibility index (Phi) is 7.23. The van der Waals surface area contributed by atoms with Crippen LogP contribution in [0.1, 0.15) is 32.6 Å². The lowest BCUT2D eigenvalue weighted by atomic mass is 10.00. The Hall–Kier alpha value is -0.210. The number of rotatable bonds is 8. The van der Waals surface area contributed by atoms with Crippen LogP contribution >= 0.6 is 0 Å². The lowest BCUT2D eigenvalue weighted by molar-refractivity contribution is 0.161. The Morgan fingerprint density at radius 2 is 2.05 bits per heavy atom. The number of nitrogens with zero attached hydrogens (tertiary/aromatic N) is 1. The standard InChI is InChI=1S/C12H26N2O4S/c1-3-4-12(10-18-2)13-19(16,17)14-7-5-11(9-15)6-8-14/h11-13,15H,3-10H2,1-2H3. The molecule has 0 aromatic heterocycles. The molecule has 0 bridgehead atoms. The third kappa shape index (κ3) is 5.35. The zero-order valence-corrected chi connectivity index (χ0v) is 12.7. The van der Waals surface area contributed by atoms with Crippen LogP contribution < -0.4 is 4.72 Å². The fourth-order valence-electron chi connectivity index (χ4n) is 2.34. The van der Waals surface area contributed by atoms with E-state index in [9.17, 15) is 8.42 Å². The first kappa shape index (κ1) is 16.8. The van der Waals surface area contributed by atoms with E-state index in [0.717, 1.165) is 25.7 Å². The molecule has 114 valence electrons. The molecule has 6 nitrogen and oxygen atoms in total. The van der Waals surface area contributed by atoms with E-state index in [1.807, 2.05) is 6.92 Å². The molecule has 1 rings (SSSR count). The molecule has 0 aliphatic carbocycles. The highest BCUT2D eigenvalue weighted by Crippen LogP contribution is 2.18. The summed E-state index contributed by atoms with van der Waals surface area (Å²) in [5.41, 5.74) is 0. The smallest absolute Gasteiger partial charge is 0.279 e. The second kappa shape index (κ2) is 8.16. The van der Waals surface area contributed by atoms with Crippen LogP contribution in [0.5, 0.6) is 0 Å². The van der Waals surface area contributed by atoms with Gasteiger partial charge in [0.1, 0.15) is 0 Å². The van der Waals surface area contributed by atoms with Crippen LogP contribution in [-0.4, -0.2) is 57.3 Å². The quantitative estimate of drug-likeness (QED) is 0.676.